The minimum absolute atomic E-state index is 0.110. The number of carbonyl (C=O) groups excluding carboxylic acids is 1. The third kappa shape index (κ3) is 5.09. The second-order valence-electron chi connectivity index (χ2n) is 8.25. The Balaban J connectivity index is 1.79. The lowest BCUT2D eigenvalue weighted by atomic mass is 10.1. The van der Waals surface area contributed by atoms with E-state index in [1.165, 1.54) is 24.3 Å². The van der Waals surface area contributed by atoms with Gasteiger partial charge in [-0.25, -0.2) is 9.18 Å². The van der Waals surface area contributed by atoms with Crippen LogP contribution in [0.15, 0.2) is 52.1 Å². The lowest BCUT2D eigenvalue weighted by Gasteiger charge is -2.14. The van der Waals surface area contributed by atoms with Crippen molar-refractivity contribution in [2.75, 3.05) is 13.2 Å². The normalized spacial score (nSPS) is 15.5. The first-order valence-corrected chi connectivity index (χ1v) is 10.8. The number of hydrogen-bond acceptors (Lipinski definition) is 5. The first-order chi connectivity index (χ1) is 15.8. The standard InChI is InChI=1S/C24H25FN4O4/c1-15-10-16(2)12-19(11-15)29-24(32)28(14-17-5-7-18(25)8-6-17)23(31)21(27-29)22(30)26-13-20-4-3-9-33-20/h5-8,10-12,20H,3-4,9,13-14H2,1-2H3,(H,26,30). The van der Waals surface area contributed by atoms with E-state index in [1.54, 1.807) is 12.1 Å². The molecule has 1 unspecified atom stereocenters. The average Bonchev–Trinajstić information content (AvgIpc) is 3.29. The molecule has 3 aromatic rings. The van der Waals surface area contributed by atoms with Crippen LogP contribution in [-0.2, 0) is 11.3 Å². The topological polar surface area (TPSA) is 95.2 Å². The molecule has 2 heterocycles. The molecule has 8 nitrogen and oxygen atoms in total. The third-order valence-electron chi connectivity index (χ3n) is 5.49. The van der Waals surface area contributed by atoms with Gasteiger partial charge in [-0.15, -0.1) is 0 Å². The van der Waals surface area contributed by atoms with Crippen molar-refractivity contribution in [3.8, 4) is 5.69 Å². The predicted molar refractivity (Wildman–Crippen MR) is 120 cm³/mol. The summed E-state index contributed by atoms with van der Waals surface area (Å²) in [7, 11) is 0. The number of benzene rings is 2. The maximum atomic E-state index is 13.3. The summed E-state index contributed by atoms with van der Waals surface area (Å²) < 4.78 is 20.8. The Morgan fingerprint density at radius 2 is 1.85 bits per heavy atom. The second kappa shape index (κ2) is 9.50. The molecule has 33 heavy (non-hydrogen) atoms. The molecular formula is C24H25FN4O4. The van der Waals surface area contributed by atoms with Crippen molar-refractivity contribution in [3.05, 3.63) is 91.5 Å². The number of aryl methyl sites for hydroxylation is 2. The molecule has 1 amide bonds. The molecule has 0 saturated carbocycles. The predicted octanol–water partition coefficient (Wildman–Crippen LogP) is 2.11. The Labute approximate surface area is 189 Å². The van der Waals surface area contributed by atoms with Gasteiger partial charge >= 0.3 is 5.69 Å². The van der Waals surface area contributed by atoms with Gasteiger partial charge in [0.15, 0.2) is 0 Å². The first-order valence-electron chi connectivity index (χ1n) is 10.8. The van der Waals surface area contributed by atoms with Crippen LogP contribution in [0.25, 0.3) is 5.69 Å². The summed E-state index contributed by atoms with van der Waals surface area (Å²) in [6.45, 7) is 4.52. The minimum Gasteiger partial charge on any atom is -0.376 e. The van der Waals surface area contributed by atoms with Gasteiger partial charge in [-0.3, -0.25) is 14.2 Å². The van der Waals surface area contributed by atoms with Gasteiger partial charge in [0.2, 0.25) is 5.69 Å². The van der Waals surface area contributed by atoms with Crippen molar-refractivity contribution in [2.24, 2.45) is 0 Å². The zero-order valence-corrected chi connectivity index (χ0v) is 18.5. The number of nitrogens with zero attached hydrogens (tertiary/aromatic N) is 3. The van der Waals surface area contributed by atoms with Gasteiger partial charge < -0.3 is 10.1 Å². The fraction of sp³-hybridized carbons (Fsp3) is 0.333. The van der Waals surface area contributed by atoms with E-state index in [0.717, 1.165) is 33.2 Å². The first kappa shape index (κ1) is 22.6. The SMILES string of the molecule is Cc1cc(C)cc(-n2nc(C(=O)NCC3CCCO3)c(=O)n(Cc3ccc(F)cc3)c2=O)c1. The van der Waals surface area contributed by atoms with E-state index in [9.17, 15) is 18.8 Å². The van der Waals surface area contributed by atoms with Crippen molar-refractivity contribution >= 4 is 5.91 Å². The number of amides is 1. The van der Waals surface area contributed by atoms with Crippen LogP contribution in [0.1, 0.15) is 40.0 Å². The second-order valence-corrected chi connectivity index (χ2v) is 8.25. The molecule has 0 bridgehead atoms. The molecule has 1 fully saturated rings. The van der Waals surface area contributed by atoms with Gasteiger partial charge in [0, 0.05) is 13.2 Å². The van der Waals surface area contributed by atoms with E-state index in [0.29, 0.717) is 17.9 Å². The number of halogens is 1. The van der Waals surface area contributed by atoms with Gasteiger partial charge in [-0.2, -0.15) is 9.78 Å². The molecule has 1 aliphatic heterocycles. The van der Waals surface area contributed by atoms with Crippen molar-refractivity contribution in [1.29, 1.82) is 0 Å². The summed E-state index contributed by atoms with van der Waals surface area (Å²) in [6, 6.07) is 10.9. The maximum absolute atomic E-state index is 13.3. The molecular weight excluding hydrogens is 427 g/mol. The summed E-state index contributed by atoms with van der Waals surface area (Å²) in [6.07, 6.45) is 1.63. The number of ether oxygens (including phenoxy) is 1. The fourth-order valence-corrected chi connectivity index (χ4v) is 3.91. The molecule has 2 aromatic carbocycles. The summed E-state index contributed by atoms with van der Waals surface area (Å²) in [5.74, 6) is -1.11. The molecule has 0 aliphatic carbocycles. The quantitative estimate of drug-likeness (QED) is 0.618. The molecule has 172 valence electrons. The van der Waals surface area contributed by atoms with E-state index in [1.807, 2.05) is 19.9 Å². The molecule has 0 radical (unpaired) electrons. The van der Waals surface area contributed by atoms with Crippen LogP contribution in [0, 0.1) is 19.7 Å². The van der Waals surface area contributed by atoms with Gasteiger partial charge in [0.25, 0.3) is 11.5 Å². The molecule has 1 aliphatic rings. The van der Waals surface area contributed by atoms with Crippen LogP contribution in [-0.4, -0.2) is 39.5 Å². The lowest BCUT2D eigenvalue weighted by molar-refractivity contribution is 0.0849. The molecule has 1 atom stereocenters. The van der Waals surface area contributed by atoms with Crippen molar-refractivity contribution in [1.82, 2.24) is 19.7 Å². The number of rotatable bonds is 6. The largest absolute Gasteiger partial charge is 0.376 e. The summed E-state index contributed by atoms with van der Waals surface area (Å²) in [4.78, 5) is 39.3. The number of nitrogens with one attached hydrogen (secondary N) is 1. The van der Waals surface area contributed by atoms with Crippen LogP contribution in [0.3, 0.4) is 0 Å². The van der Waals surface area contributed by atoms with Crippen molar-refractivity contribution in [2.45, 2.75) is 39.3 Å². The highest BCUT2D eigenvalue weighted by atomic mass is 19.1. The number of aromatic nitrogens is 3. The molecule has 1 aromatic heterocycles. The van der Waals surface area contributed by atoms with E-state index in [-0.39, 0.29) is 19.2 Å². The smallest absolute Gasteiger partial charge is 0.352 e. The van der Waals surface area contributed by atoms with Crippen molar-refractivity contribution < 1.29 is 13.9 Å². The Morgan fingerprint density at radius 1 is 1.15 bits per heavy atom. The number of carbonyl (C=O) groups is 1. The highest BCUT2D eigenvalue weighted by molar-refractivity contribution is 5.91. The minimum atomic E-state index is -0.810. The Kier molecular flexibility index (Phi) is 6.50. The van der Waals surface area contributed by atoms with Gasteiger partial charge in [-0.1, -0.05) is 18.2 Å². The van der Waals surface area contributed by atoms with E-state index >= 15 is 0 Å². The molecule has 9 heteroatoms. The molecule has 1 N–H and O–H groups in total. The zero-order chi connectivity index (χ0) is 23.5. The maximum Gasteiger partial charge on any atom is 0.352 e. The van der Waals surface area contributed by atoms with Gasteiger partial charge in [0.1, 0.15) is 5.82 Å². The fourth-order valence-electron chi connectivity index (χ4n) is 3.91. The summed E-state index contributed by atoms with van der Waals surface area (Å²) >= 11 is 0. The molecule has 1 saturated heterocycles. The zero-order valence-electron chi connectivity index (χ0n) is 18.5. The lowest BCUT2D eigenvalue weighted by Crippen LogP contribution is -2.46. The van der Waals surface area contributed by atoms with Crippen LogP contribution >= 0.6 is 0 Å². The highest BCUT2D eigenvalue weighted by Gasteiger charge is 2.23. The molecule has 0 spiro atoms. The van der Waals surface area contributed by atoms with Gasteiger partial charge in [-0.05, 0) is 67.6 Å². The van der Waals surface area contributed by atoms with Gasteiger partial charge in [0.05, 0.1) is 18.3 Å². The summed E-state index contributed by atoms with van der Waals surface area (Å²) in [5, 5.41) is 6.84. The number of hydrogen-bond donors (Lipinski definition) is 1. The summed E-state index contributed by atoms with van der Waals surface area (Å²) in [5.41, 5.74) is 0.894. The highest BCUT2D eigenvalue weighted by Crippen LogP contribution is 2.12. The van der Waals surface area contributed by atoms with E-state index in [4.69, 9.17) is 4.74 Å². The van der Waals surface area contributed by atoms with Crippen LogP contribution in [0.2, 0.25) is 0 Å². The molecule has 4 rings (SSSR count). The van der Waals surface area contributed by atoms with Crippen LogP contribution in [0.5, 0.6) is 0 Å². The monoisotopic (exact) mass is 452 g/mol. The van der Waals surface area contributed by atoms with Crippen molar-refractivity contribution in [3.63, 3.8) is 0 Å². The average molecular weight is 452 g/mol. The Bertz CT molecular complexity index is 1270. The van der Waals surface area contributed by atoms with E-state index in [2.05, 4.69) is 10.4 Å². The van der Waals surface area contributed by atoms with E-state index < -0.39 is 28.7 Å². The van der Waals surface area contributed by atoms with Crippen LogP contribution in [0.4, 0.5) is 4.39 Å². The third-order valence-corrected chi connectivity index (χ3v) is 5.49. The Hall–Kier alpha value is -3.59. The Morgan fingerprint density at radius 3 is 2.48 bits per heavy atom. The van der Waals surface area contributed by atoms with Crippen LogP contribution < -0.4 is 16.6 Å².